The predicted octanol–water partition coefficient (Wildman–Crippen LogP) is 2.86. The second-order valence-corrected chi connectivity index (χ2v) is 10.9. The normalized spacial score (nSPS) is 23.8. The van der Waals surface area contributed by atoms with E-state index in [0.29, 0.717) is 30.9 Å². The number of carbonyl (C=O) groups is 1. The third kappa shape index (κ3) is 4.44. The lowest BCUT2D eigenvalue weighted by Gasteiger charge is -2.47. The number of carbonyl (C=O) groups excluding carboxylic acids is 1. The number of fused-ring (bicyclic) bond motifs is 1. The van der Waals surface area contributed by atoms with E-state index in [0.717, 1.165) is 74.5 Å². The Morgan fingerprint density at radius 3 is 2.59 bits per heavy atom. The third-order valence-electron chi connectivity index (χ3n) is 8.38. The van der Waals surface area contributed by atoms with Crippen LogP contribution in [0.3, 0.4) is 0 Å². The maximum Gasteiger partial charge on any atom is 0.241 e. The highest BCUT2D eigenvalue weighted by Gasteiger charge is 2.33. The Morgan fingerprint density at radius 2 is 1.89 bits per heavy atom. The van der Waals surface area contributed by atoms with Gasteiger partial charge in [0.05, 0.1) is 30.8 Å². The molecule has 0 spiro atoms. The van der Waals surface area contributed by atoms with Crippen LogP contribution in [0.4, 0.5) is 5.69 Å². The first-order valence-electron chi connectivity index (χ1n) is 13.6. The molecule has 194 valence electrons. The first-order valence-corrected chi connectivity index (χ1v) is 13.6. The van der Waals surface area contributed by atoms with Crippen LogP contribution in [0.2, 0.25) is 0 Å². The van der Waals surface area contributed by atoms with Crippen LogP contribution in [0.1, 0.15) is 32.2 Å². The predicted molar refractivity (Wildman–Crippen MR) is 141 cm³/mol. The number of anilines is 1. The molecule has 3 aromatic rings. The minimum absolute atomic E-state index is 0.0916. The van der Waals surface area contributed by atoms with Gasteiger partial charge in [-0.15, -0.1) is 0 Å². The molecule has 3 aliphatic heterocycles. The van der Waals surface area contributed by atoms with Crippen LogP contribution < -0.4 is 15.0 Å². The molecule has 9 heteroatoms. The zero-order valence-corrected chi connectivity index (χ0v) is 21.3. The molecule has 1 amide bonds. The quantitative estimate of drug-likeness (QED) is 0.532. The van der Waals surface area contributed by atoms with E-state index in [1.807, 2.05) is 13.3 Å². The summed E-state index contributed by atoms with van der Waals surface area (Å²) in [5.74, 6) is 0.847. The average molecular weight is 503 g/mol. The Hall–Kier alpha value is -3.17. The highest BCUT2D eigenvalue weighted by atomic mass is 16.5. The number of hydrogen-bond acceptors (Lipinski definition) is 7. The van der Waals surface area contributed by atoms with Gasteiger partial charge in [-0.3, -0.25) is 9.69 Å². The topological polar surface area (TPSA) is 84.8 Å². The molecule has 1 saturated carbocycles. The summed E-state index contributed by atoms with van der Waals surface area (Å²) in [5.41, 5.74) is 5.02. The Balaban J connectivity index is 1.12. The van der Waals surface area contributed by atoms with Crippen LogP contribution in [0, 0.1) is 5.92 Å². The lowest BCUT2D eigenvalue weighted by Crippen LogP contribution is -2.61. The van der Waals surface area contributed by atoms with Gasteiger partial charge in [-0.25, -0.2) is 9.97 Å². The van der Waals surface area contributed by atoms with Gasteiger partial charge in [0.25, 0.3) is 0 Å². The average Bonchev–Trinajstić information content (AvgIpc) is 3.49. The van der Waals surface area contributed by atoms with E-state index < -0.39 is 0 Å². The van der Waals surface area contributed by atoms with Crippen molar-refractivity contribution in [3.8, 4) is 17.1 Å². The number of nitrogens with one attached hydrogen (secondary N) is 1. The van der Waals surface area contributed by atoms with Crippen molar-refractivity contribution < 1.29 is 14.3 Å². The van der Waals surface area contributed by atoms with Crippen LogP contribution in [-0.2, 0) is 9.53 Å². The largest absolute Gasteiger partial charge is 0.473 e. The minimum Gasteiger partial charge on any atom is -0.473 e. The fourth-order valence-corrected chi connectivity index (χ4v) is 5.80. The molecule has 0 bridgehead atoms. The van der Waals surface area contributed by atoms with Gasteiger partial charge >= 0.3 is 0 Å². The highest BCUT2D eigenvalue weighted by Crippen LogP contribution is 2.40. The molecule has 9 nitrogen and oxygen atoms in total. The molecular weight excluding hydrogens is 468 g/mol. The van der Waals surface area contributed by atoms with E-state index in [-0.39, 0.29) is 17.9 Å². The van der Waals surface area contributed by atoms with Gasteiger partial charge in [-0.05, 0) is 38.0 Å². The van der Waals surface area contributed by atoms with E-state index in [1.165, 1.54) is 5.69 Å². The van der Waals surface area contributed by atoms with Crippen molar-refractivity contribution in [2.45, 2.75) is 44.4 Å². The number of benzene rings is 1. The van der Waals surface area contributed by atoms with Crippen LogP contribution >= 0.6 is 0 Å². The summed E-state index contributed by atoms with van der Waals surface area (Å²) in [6, 6.07) is 11.9. The minimum atomic E-state index is -0.124. The third-order valence-corrected chi connectivity index (χ3v) is 8.38. The van der Waals surface area contributed by atoms with Crippen LogP contribution in [-0.4, -0.2) is 83.4 Å². The van der Waals surface area contributed by atoms with Crippen molar-refractivity contribution in [1.82, 2.24) is 24.8 Å². The van der Waals surface area contributed by atoms with Gasteiger partial charge < -0.3 is 24.3 Å². The van der Waals surface area contributed by atoms with Crippen molar-refractivity contribution in [3.63, 3.8) is 0 Å². The Morgan fingerprint density at radius 1 is 1.11 bits per heavy atom. The molecule has 37 heavy (non-hydrogen) atoms. The first kappa shape index (κ1) is 23.0. The van der Waals surface area contributed by atoms with Gasteiger partial charge in [0.15, 0.2) is 0 Å². The molecule has 2 aromatic heterocycles. The molecule has 2 atom stereocenters. The van der Waals surface area contributed by atoms with Crippen LogP contribution in [0.15, 0.2) is 36.7 Å². The number of amides is 1. The van der Waals surface area contributed by atoms with Crippen LogP contribution in [0.25, 0.3) is 22.3 Å². The number of ether oxygens (including phenoxy) is 2. The zero-order chi connectivity index (χ0) is 24.9. The van der Waals surface area contributed by atoms with E-state index in [2.05, 4.69) is 50.0 Å². The Bertz CT molecular complexity index is 1290. The molecule has 1 aliphatic carbocycles. The Labute approximate surface area is 216 Å². The van der Waals surface area contributed by atoms with E-state index >= 15 is 0 Å². The van der Waals surface area contributed by atoms with Crippen molar-refractivity contribution in [1.29, 1.82) is 0 Å². The summed E-state index contributed by atoms with van der Waals surface area (Å²) in [5, 5.41) is 2.92. The maximum absolute atomic E-state index is 11.8. The molecule has 3 saturated heterocycles. The fourth-order valence-electron chi connectivity index (χ4n) is 5.80. The summed E-state index contributed by atoms with van der Waals surface area (Å²) in [4.78, 5) is 26.5. The van der Waals surface area contributed by atoms with Gasteiger partial charge in [-0.2, -0.15) is 0 Å². The number of morpholine rings is 1. The molecule has 7 rings (SSSR count). The standard InChI is InChI=1S/C28H34N6O3/c1-18(20-12-26(35)29-14-20)37-28-27-25(30-17-34(27)22-6-7-22)13-24(31-28)19-2-4-21(5-3-19)33-15-23(16-33)32-8-10-36-11-9-32/h2-5,13,17-18,20,22-23H,6-12,14-16H2,1H3,(H,29,35). The molecule has 1 N–H and O–H groups in total. The molecule has 2 unspecified atom stereocenters. The smallest absolute Gasteiger partial charge is 0.241 e. The lowest BCUT2D eigenvalue weighted by molar-refractivity contribution is -0.119. The fraction of sp³-hybridized carbons (Fsp3) is 0.536. The lowest BCUT2D eigenvalue weighted by atomic mass is 10.0. The molecule has 5 heterocycles. The summed E-state index contributed by atoms with van der Waals surface area (Å²) in [6.45, 7) is 8.59. The summed E-state index contributed by atoms with van der Waals surface area (Å²) >= 11 is 0. The molecule has 4 aliphatic rings. The summed E-state index contributed by atoms with van der Waals surface area (Å²) < 4.78 is 14.2. The van der Waals surface area contributed by atoms with E-state index in [9.17, 15) is 4.79 Å². The van der Waals surface area contributed by atoms with Crippen molar-refractivity contribution in [2.24, 2.45) is 5.92 Å². The second-order valence-electron chi connectivity index (χ2n) is 10.9. The molecule has 0 radical (unpaired) electrons. The monoisotopic (exact) mass is 502 g/mol. The first-order chi connectivity index (χ1) is 18.1. The molecular formula is C28H34N6O3. The van der Waals surface area contributed by atoms with Gasteiger partial charge in [-0.1, -0.05) is 12.1 Å². The van der Waals surface area contributed by atoms with Crippen molar-refractivity contribution >= 4 is 22.6 Å². The maximum atomic E-state index is 11.8. The molecule has 4 fully saturated rings. The highest BCUT2D eigenvalue weighted by molar-refractivity contribution is 5.85. The van der Waals surface area contributed by atoms with Crippen molar-refractivity contribution in [2.75, 3.05) is 50.8 Å². The second kappa shape index (κ2) is 9.29. The SMILES string of the molecule is CC(Oc1nc(-c2ccc(N3CC(N4CCOCC4)C3)cc2)cc2ncn(C3CC3)c12)C1CNC(=O)C1. The van der Waals surface area contributed by atoms with E-state index in [1.54, 1.807) is 0 Å². The summed E-state index contributed by atoms with van der Waals surface area (Å²) in [6.07, 6.45) is 4.61. The number of imidazole rings is 1. The number of rotatable bonds is 7. The van der Waals surface area contributed by atoms with Crippen LogP contribution in [0.5, 0.6) is 5.88 Å². The van der Waals surface area contributed by atoms with Crippen molar-refractivity contribution in [3.05, 3.63) is 36.7 Å². The number of hydrogen-bond donors (Lipinski definition) is 1. The van der Waals surface area contributed by atoms with Gasteiger partial charge in [0.1, 0.15) is 11.6 Å². The number of nitrogens with zero attached hydrogens (tertiary/aromatic N) is 5. The summed E-state index contributed by atoms with van der Waals surface area (Å²) in [7, 11) is 0. The Kier molecular flexibility index (Phi) is 5.77. The van der Waals surface area contributed by atoms with Gasteiger partial charge in [0, 0.05) is 68.4 Å². The number of aromatic nitrogens is 3. The van der Waals surface area contributed by atoms with Gasteiger partial charge in [0.2, 0.25) is 11.8 Å². The zero-order valence-electron chi connectivity index (χ0n) is 21.3. The number of pyridine rings is 1. The molecule has 1 aromatic carbocycles. The van der Waals surface area contributed by atoms with E-state index in [4.69, 9.17) is 19.4 Å².